The average Bonchev–Trinajstić information content (AvgIpc) is 2.30. The Balaban J connectivity index is 2.31. The van der Waals surface area contributed by atoms with Gasteiger partial charge in [0.25, 0.3) is 5.91 Å². The van der Waals surface area contributed by atoms with E-state index in [2.05, 4.69) is 0 Å². The van der Waals surface area contributed by atoms with E-state index in [0.717, 1.165) is 12.1 Å². The summed E-state index contributed by atoms with van der Waals surface area (Å²) < 4.78 is 5.56. The fourth-order valence-electron chi connectivity index (χ4n) is 1.99. The molecule has 0 spiro atoms. The molecule has 0 fully saturated rings. The second kappa shape index (κ2) is 4.86. The fourth-order valence-corrected chi connectivity index (χ4v) is 1.99. The van der Waals surface area contributed by atoms with Gasteiger partial charge in [0, 0.05) is 18.3 Å². The normalized spacial score (nSPS) is 20.3. The number of benzene rings is 1. The number of nitrogen functional groups attached to an aromatic ring is 1. The van der Waals surface area contributed by atoms with Gasteiger partial charge in [-0.15, -0.1) is 0 Å². The molecule has 0 saturated heterocycles. The predicted molar refractivity (Wildman–Crippen MR) is 71.6 cm³/mol. The lowest BCUT2D eigenvalue weighted by atomic mass is 10.1. The third-order valence-electron chi connectivity index (χ3n) is 3.00. The molecule has 1 aliphatic rings. The van der Waals surface area contributed by atoms with Crippen molar-refractivity contribution < 1.29 is 9.53 Å². The molecule has 98 valence electrons. The molecule has 1 aliphatic heterocycles. The molecule has 1 heterocycles. The molecule has 0 saturated carbocycles. The molecule has 0 aliphatic carbocycles. The van der Waals surface area contributed by atoms with Crippen LogP contribution in [0.15, 0.2) is 18.2 Å². The molecular formula is C13H19N3O2. The first-order valence-electron chi connectivity index (χ1n) is 6.12. The zero-order chi connectivity index (χ0) is 13.3. The maximum Gasteiger partial charge on any atom is 0.267 e. The van der Waals surface area contributed by atoms with Gasteiger partial charge in [-0.1, -0.05) is 0 Å². The van der Waals surface area contributed by atoms with Crippen molar-refractivity contribution in [2.75, 3.05) is 17.2 Å². The van der Waals surface area contributed by atoms with Gasteiger partial charge in [-0.25, -0.2) is 0 Å². The summed E-state index contributed by atoms with van der Waals surface area (Å²) in [5.74, 6) is 0.648. The van der Waals surface area contributed by atoms with E-state index in [4.69, 9.17) is 16.2 Å². The molecule has 2 atom stereocenters. The quantitative estimate of drug-likeness (QED) is 0.786. The summed E-state index contributed by atoms with van der Waals surface area (Å²) in [5, 5.41) is 0. The van der Waals surface area contributed by atoms with Crippen molar-refractivity contribution in [3.8, 4) is 5.75 Å². The van der Waals surface area contributed by atoms with Crippen LogP contribution in [-0.2, 0) is 4.79 Å². The maximum absolute atomic E-state index is 12.1. The first-order valence-corrected chi connectivity index (χ1v) is 6.12. The van der Waals surface area contributed by atoms with E-state index < -0.39 is 6.10 Å². The lowest BCUT2D eigenvalue weighted by Gasteiger charge is -2.33. The van der Waals surface area contributed by atoms with E-state index in [9.17, 15) is 4.79 Å². The second-order valence-corrected chi connectivity index (χ2v) is 4.74. The first kappa shape index (κ1) is 12.7. The number of hydrogen-bond acceptors (Lipinski definition) is 4. The van der Waals surface area contributed by atoms with Crippen molar-refractivity contribution in [1.82, 2.24) is 0 Å². The van der Waals surface area contributed by atoms with Gasteiger partial charge in [-0.05, 0) is 38.5 Å². The van der Waals surface area contributed by atoms with Gasteiger partial charge < -0.3 is 21.1 Å². The topological polar surface area (TPSA) is 81.6 Å². The predicted octanol–water partition coefficient (Wildman–Crippen LogP) is 1.12. The van der Waals surface area contributed by atoms with E-state index in [0.29, 0.717) is 18.0 Å². The third-order valence-corrected chi connectivity index (χ3v) is 3.00. The molecule has 5 nitrogen and oxygen atoms in total. The smallest absolute Gasteiger partial charge is 0.267 e. The van der Waals surface area contributed by atoms with Gasteiger partial charge in [0.1, 0.15) is 5.75 Å². The standard InChI is InChI=1S/C13H19N3O2/c1-8(14)5-6-16-11-7-10(15)3-4-12(11)18-9(2)13(16)17/h3-4,7-9H,5-6,14-15H2,1-2H3. The molecule has 2 rings (SSSR count). The summed E-state index contributed by atoms with van der Waals surface area (Å²) in [6.07, 6.45) is 0.279. The Bertz CT molecular complexity index is 460. The molecule has 5 heteroatoms. The Morgan fingerprint density at radius 3 is 2.89 bits per heavy atom. The number of nitrogens with zero attached hydrogens (tertiary/aromatic N) is 1. The van der Waals surface area contributed by atoms with Gasteiger partial charge in [0.15, 0.2) is 6.10 Å². The number of ether oxygens (including phenoxy) is 1. The highest BCUT2D eigenvalue weighted by atomic mass is 16.5. The van der Waals surface area contributed by atoms with E-state index >= 15 is 0 Å². The number of anilines is 2. The van der Waals surface area contributed by atoms with E-state index in [1.807, 2.05) is 6.92 Å². The molecule has 1 aromatic carbocycles. The SMILES string of the molecule is CC(N)CCN1C(=O)C(C)Oc2ccc(N)cc21. The van der Waals surface area contributed by atoms with Crippen LogP contribution in [0.2, 0.25) is 0 Å². The highest BCUT2D eigenvalue weighted by Gasteiger charge is 2.31. The van der Waals surface area contributed by atoms with E-state index in [-0.39, 0.29) is 11.9 Å². The molecule has 2 unspecified atom stereocenters. The van der Waals surface area contributed by atoms with Gasteiger partial charge in [0.2, 0.25) is 0 Å². The zero-order valence-corrected chi connectivity index (χ0v) is 10.7. The Hall–Kier alpha value is -1.75. The third kappa shape index (κ3) is 2.41. The van der Waals surface area contributed by atoms with Crippen LogP contribution < -0.4 is 21.1 Å². The molecule has 0 bridgehead atoms. The molecule has 1 aromatic rings. The van der Waals surface area contributed by atoms with Crippen LogP contribution in [0.5, 0.6) is 5.75 Å². The summed E-state index contributed by atoms with van der Waals surface area (Å²) in [5.41, 5.74) is 12.9. The fraction of sp³-hybridized carbons (Fsp3) is 0.462. The van der Waals surface area contributed by atoms with E-state index in [1.54, 1.807) is 30.0 Å². The van der Waals surface area contributed by atoms with E-state index in [1.165, 1.54) is 0 Å². The number of carbonyl (C=O) groups excluding carboxylic acids is 1. The molecule has 0 radical (unpaired) electrons. The van der Waals surface area contributed by atoms with Crippen molar-refractivity contribution in [1.29, 1.82) is 0 Å². The summed E-state index contributed by atoms with van der Waals surface area (Å²) in [6.45, 7) is 4.26. The van der Waals surface area contributed by atoms with Crippen molar-refractivity contribution in [3.05, 3.63) is 18.2 Å². The monoisotopic (exact) mass is 249 g/mol. The summed E-state index contributed by atoms with van der Waals surface area (Å²) >= 11 is 0. The average molecular weight is 249 g/mol. The lowest BCUT2D eigenvalue weighted by Crippen LogP contribution is -2.45. The number of rotatable bonds is 3. The van der Waals surface area contributed by atoms with Crippen LogP contribution in [0, 0.1) is 0 Å². The van der Waals surface area contributed by atoms with Crippen molar-refractivity contribution in [2.45, 2.75) is 32.4 Å². The molecular weight excluding hydrogens is 230 g/mol. The van der Waals surface area contributed by atoms with Gasteiger partial charge in [-0.2, -0.15) is 0 Å². The van der Waals surface area contributed by atoms with Gasteiger partial charge >= 0.3 is 0 Å². The minimum absolute atomic E-state index is 0.0475. The van der Waals surface area contributed by atoms with Crippen LogP contribution in [-0.4, -0.2) is 24.6 Å². The summed E-state index contributed by atoms with van der Waals surface area (Å²) in [7, 11) is 0. The Labute approximate surface area is 107 Å². The highest BCUT2D eigenvalue weighted by molar-refractivity contribution is 6.00. The van der Waals surface area contributed by atoms with Crippen molar-refractivity contribution in [3.63, 3.8) is 0 Å². The van der Waals surface area contributed by atoms with Crippen LogP contribution in [0.1, 0.15) is 20.3 Å². The molecule has 1 amide bonds. The number of fused-ring (bicyclic) bond motifs is 1. The number of carbonyl (C=O) groups is 1. The Morgan fingerprint density at radius 2 is 2.22 bits per heavy atom. The largest absolute Gasteiger partial charge is 0.479 e. The van der Waals surface area contributed by atoms with Gasteiger partial charge in [-0.3, -0.25) is 4.79 Å². The Morgan fingerprint density at radius 1 is 1.50 bits per heavy atom. The highest BCUT2D eigenvalue weighted by Crippen LogP contribution is 2.35. The lowest BCUT2D eigenvalue weighted by molar-refractivity contribution is -0.125. The number of hydrogen-bond donors (Lipinski definition) is 2. The number of nitrogens with two attached hydrogens (primary N) is 2. The van der Waals surface area contributed by atoms with Crippen LogP contribution in [0.4, 0.5) is 11.4 Å². The van der Waals surface area contributed by atoms with Gasteiger partial charge in [0.05, 0.1) is 5.69 Å². The maximum atomic E-state index is 12.1. The van der Waals surface area contributed by atoms with Crippen molar-refractivity contribution in [2.24, 2.45) is 5.73 Å². The summed E-state index contributed by atoms with van der Waals surface area (Å²) in [6, 6.07) is 5.39. The second-order valence-electron chi connectivity index (χ2n) is 4.74. The first-order chi connectivity index (χ1) is 8.49. The molecule has 0 aromatic heterocycles. The zero-order valence-electron chi connectivity index (χ0n) is 10.7. The minimum atomic E-state index is -0.464. The number of amides is 1. The minimum Gasteiger partial charge on any atom is -0.479 e. The van der Waals surface area contributed by atoms with Crippen LogP contribution in [0.3, 0.4) is 0 Å². The van der Waals surface area contributed by atoms with Crippen molar-refractivity contribution >= 4 is 17.3 Å². The summed E-state index contributed by atoms with van der Waals surface area (Å²) in [4.78, 5) is 13.8. The van der Waals surface area contributed by atoms with Crippen LogP contribution >= 0.6 is 0 Å². The Kier molecular flexibility index (Phi) is 3.43. The molecule has 4 N–H and O–H groups in total. The van der Waals surface area contributed by atoms with Crippen LogP contribution in [0.25, 0.3) is 0 Å². The molecule has 18 heavy (non-hydrogen) atoms.